The van der Waals surface area contributed by atoms with Crippen LogP contribution in [0.15, 0.2) is 34.7 Å². The van der Waals surface area contributed by atoms with Crippen molar-refractivity contribution in [2.45, 2.75) is 71.3 Å². The maximum Gasteiger partial charge on any atom is 0.250 e. The fraction of sp³-hybridized carbons (Fsp3) is 0.545. The highest BCUT2D eigenvalue weighted by Gasteiger charge is 2.41. The van der Waals surface area contributed by atoms with Gasteiger partial charge in [-0.2, -0.15) is 0 Å². The van der Waals surface area contributed by atoms with Crippen LogP contribution in [0.5, 0.6) is 0 Å². The van der Waals surface area contributed by atoms with Crippen molar-refractivity contribution in [2.75, 3.05) is 6.54 Å². The number of fused-ring (bicyclic) bond motifs is 1. The third-order valence-electron chi connectivity index (χ3n) is 5.95. The van der Waals surface area contributed by atoms with Gasteiger partial charge < -0.3 is 13.7 Å². The van der Waals surface area contributed by atoms with Gasteiger partial charge in [-0.05, 0) is 36.7 Å². The molecule has 2 aromatic rings. The smallest absolute Gasteiger partial charge is 0.250 e. The summed E-state index contributed by atoms with van der Waals surface area (Å²) in [6, 6.07) is 9.89. The molecule has 0 bridgehead atoms. The van der Waals surface area contributed by atoms with Gasteiger partial charge in [0.1, 0.15) is 11.9 Å². The Morgan fingerprint density at radius 2 is 1.96 bits per heavy atom. The average Bonchev–Trinajstić information content (AvgIpc) is 3.08. The van der Waals surface area contributed by atoms with E-state index in [0.717, 1.165) is 17.0 Å². The van der Waals surface area contributed by atoms with Crippen LogP contribution in [0.2, 0.25) is 18.1 Å². The second-order valence-electron chi connectivity index (χ2n) is 9.04. The van der Waals surface area contributed by atoms with Crippen molar-refractivity contribution < 1.29 is 13.6 Å². The molecule has 0 saturated carbocycles. The third-order valence-corrected chi connectivity index (χ3v) is 10.4. The number of amides is 1. The fourth-order valence-corrected chi connectivity index (χ4v) is 4.46. The molecular formula is C22H32N2O3Si. The second-order valence-corrected chi connectivity index (χ2v) is 13.8. The summed E-state index contributed by atoms with van der Waals surface area (Å²) in [5.74, 6) is 1.49. The van der Waals surface area contributed by atoms with E-state index >= 15 is 0 Å². The van der Waals surface area contributed by atoms with Crippen LogP contribution in [-0.2, 0) is 22.2 Å². The summed E-state index contributed by atoms with van der Waals surface area (Å²) >= 11 is 0. The zero-order valence-electron chi connectivity index (χ0n) is 17.9. The molecule has 152 valence electrons. The standard InChI is InChI=1S/C22H32N2O3Si/c1-7-18(27-28(5,6)22(2,3)4)21(25)24-14-13-17-19(15-24)26-20(23-17)16-11-9-8-10-12-16/h8-12,18H,7,13-15H2,1-6H3. The van der Waals surface area contributed by atoms with Gasteiger partial charge in [0.2, 0.25) is 5.89 Å². The first kappa shape index (κ1) is 20.8. The van der Waals surface area contributed by atoms with E-state index in [-0.39, 0.29) is 17.0 Å². The molecule has 1 aromatic heterocycles. The summed E-state index contributed by atoms with van der Waals surface area (Å²) < 4.78 is 12.4. The van der Waals surface area contributed by atoms with E-state index in [9.17, 15) is 4.79 Å². The van der Waals surface area contributed by atoms with Crippen LogP contribution < -0.4 is 0 Å². The van der Waals surface area contributed by atoms with E-state index in [2.05, 4.69) is 38.8 Å². The molecule has 2 heterocycles. The van der Waals surface area contributed by atoms with Crippen molar-refractivity contribution in [1.82, 2.24) is 9.88 Å². The lowest BCUT2D eigenvalue weighted by molar-refractivity contribution is -0.140. The minimum absolute atomic E-state index is 0.0654. The molecule has 0 radical (unpaired) electrons. The van der Waals surface area contributed by atoms with Gasteiger partial charge in [-0.1, -0.05) is 45.9 Å². The summed E-state index contributed by atoms with van der Waals surface area (Å²) in [4.78, 5) is 19.7. The number of rotatable bonds is 5. The van der Waals surface area contributed by atoms with Gasteiger partial charge in [0.15, 0.2) is 8.32 Å². The Kier molecular flexibility index (Phi) is 5.82. The SMILES string of the molecule is CCC(O[Si](C)(C)C(C)(C)C)C(=O)N1CCc2nc(-c3ccccc3)oc2C1. The predicted octanol–water partition coefficient (Wildman–Crippen LogP) is 5.03. The molecule has 1 aliphatic rings. The highest BCUT2D eigenvalue weighted by molar-refractivity contribution is 6.74. The molecule has 28 heavy (non-hydrogen) atoms. The molecule has 0 N–H and O–H groups in total. The van der Waals surface area contributed by atoms with Gasteiger partial charge in [0.05, 0.1) is 12.2 Å². The normalized spacial score (nSPS) is 16.0. The Balaban J connectivity index is 1.74. The van der Waals surface area contributed by atoms with Crippen molar-refractivity contribution >= 4 is 14.2 Å². The lowest BCUT2D eigenvalue weighted by Gasteiger charge is -2.40. The average molecular weight is 401 g/mol. The first-order valence-corrected chi connectivity index (χ1v) is 13.0. The molecule has 0 aliphatic carbocycles. The van der Waals surface area contributed by atoms with E-state index in [4.69, 9.17) is 8.84 Å². The van der Waals surface area contributed by atoms with Crippen LogP contribution in [0.25, 0.3) is 11.5 Å². The summed E-state index contributed by atoms with van der Waals surface area (Å²) in [5, 5.41) is 0.0747. The van der Waals surface area contributed by atoms with Crippen LogP contribution in [0.4, 0.5) is 0 Å². The Labute approximate surface area is 169 Å². The number of nitrogens with zero attached hydrogens (tertiary/aromatic N) is 2. The van der Waals surface area contributed by atoms with E-state index in [1.807, 2.05) is 42.2 Å². The van der Waals surface area contributed by atoms with Gasteiger partial charge in [-0.3, -0.25) is 4.79 Å². The summed E-state index contributed by atoms with van der Waals surface area (Å²) in [6.45, 7) is 14.1. The van der Waals surface area contributed by atoms with E-state index in [1.165, 1.54) is 0 Å². The quantitative estimate of drug-likeness (QED) is 0.661. The zero-order valence-corrected chi connectivity index (χ0v) is 18.9. The number of hydrogen-bond donors (Lipinski definition) is 0. The number of carbonyl (C=O) groups excluding carboxylic acids is 1. The topological polar surface area (TPSA) is 55.6 Å². The minimum Gasteiger partial charge on any atom is -0.439 e. The molecule has 5 nitrogen and oxygen atoms in total. The van der Waals surface area contributed by atoms with Crippen LogP contribution in [0.3, 0.4) is 0 Å². The van der Waals surface area contributed by atoms with Crippen molar-refractivity contribution in [2.24, 2.45) is 0 Å². The first-order valence-electron chi connectivity index (χ1n) is 10.1. The Bertz CT molecular complexity index is 824. The van der Waals surface area contributed by atoms with Crippen molar-refractivity contribution in [3.63, 3.8) is 0 Å². The van der Waals surface area contributed by atoms with E-state index < -0.39 is 8.32 Å². The van der Waals surface area contributed by atoms with E-state index in [0.29, 0.717) is 31.8 Å². The second kappa shape index (κ2) is 7.83. The largest absolute Gasteiger partial charge is 0.439 e. The summed E-state index contributed by atoms with van der Waals surface area (Å²) in [7, 11) is -2.01. The highest BCUT2D eigenvalue weighted by atomic mass is 28.4. The number of hydrogen-bond acceptors (Lipinski definition) is 4. The molecular weight excluding hydrogens is 368 g/mol. The first-order chi connectivity index (χ1) is 13.1. The van der Waals surface area contributed by atoms with Gasteiger partial charge in [0, 0.05) is 18.5 Å². The fourth-order valence-electron chi connectivity index (χ4n) is 3.13. The minimum atomic E-state index is -2.01. The van der Waals surface area contributed by atoms with Gasteiger partial charge in [0.25, 0.3) is 5.91 Å². The molecule has 1 unspecified atom stereocenters. The predicted molar refractivity (Wildman–Crippen MR) is 113 cm³/mol. The molecule has 1 aliphatic heterocycles. The number of aromatic nitrogens is 1. The van der Waals surface area contributed by atoms with Crippen LogP contribution >= 0.6 is 0 Å². The monoisotopic (exact) mass is 400 g/mol. The Morgan fingerprint density at radius 3 is 2.57 bits per heavy atom. The maximum absolute atomic E-state index is 13.2. The summed E-state index contributed by atoms with van der Waals surface area (Å²) in [6.07, 6.45) is 1.01. The van der Waals surface area contributed by atoms with Gasteiger partial charge in [-0.25, -0.2) is 4.98 Å². The molecule has 1 amide bonds. The Morgan fingerprint density at radius 1 is 1.29 bits per heavy atom. The Hall–Kier alpha value is -1.92. The zero-order chi connectivity index (χ0) is 20.5. The molecule has 6 heteroatoms. The number of carbonyl (C=O) groups is 1. The lowest BCUT2D eigenvalue weighted by atomic mass is 10.1. The molecule has 0 spiro atoms. The molecule has 1 atom stereocenters. The van der Waals surface area contributed by atoms with Crippen LogP contribution in [-0.4, -0.2) is 36.8 Å². The third kappa shape index (κ3) is 4.23. The number of oxazole rings is 1. The van der Waals surface area contributed by atoms with Crippen molar-refractivity contribution in [1.29, 1.82) is 0 Å². The highest BCUT2D eigenvalue weighted by Crippen LogP contribution is 2.38. The van der Waals surface area contributed by atoms with Crippen molar-refractivity contribution in [3.05, 3.63) is 41.8 Å². The maximum atomic E-state index is 13.2. The van der Waals surface area contributed by atoms with Crippen LogP contribution in [0.1, 0.15) is 45.6 Å². The van der Waals surface area contributed by atoms with Gasteiger partial charge >= 0.3 is 0 Å². The van der Waals surface area contributed by atoms with Crippen molar-refractivity contribution in [3.8, 4) is 11.5 Å². The van der Waals surface area contributed by atoms with Crippen LogP contribution in [0, 0.1) is 0 Å². The molecule has 3 rings (SSSR count). The van der Waals surface area contributed by atoms with Gasteiger partial charge in [-0.15, -0.1) is 0 Å². The molecule has 1 aromatic carbocycles. The van der Waals surface area contributed by atoms with E-state index in [1.54, 1.807) is 0 Å². The molecule has 0 saturated heterocycles. The summed E-state index contributed by atoms with van der Waals surface area (Å²) in [5.41, 5.74) is 1.92. The molecule has 0 fully saturated rings. The lowest BCUT2D eigenvalue weighted by Crippen LogP contribution is -2.50. The number of benzene rings is 1.